The summed E-state index contributed by atoms with van der Waals surface area (Å²) in [5, 5.41) is 11.0. The number of aliphatic hydroxyl groups excluding tert-OH is 1. The van der Waals surface area contributed by atoms with Crippen LogP contribution in [-0.2, 0) is 4.74 Å². The highest BCUT2D eigenvalue weighted by molar-refractivity contribution is 6.87. The fourth-order valence-electron chi connectivity index (χ4n) is 1.95. The van der Waals surface area contributed by atoms with Crippen LogP contribution in [0.4, 0.5) is 0 Å². The van der Waals surface area contributed by atoms with Crippen molar-refractivity contribution in [3.05, 3.63) is 47.5 Å². The highest BCUT2D eigenvalue weighted by Crippen LogP contribution is 2.35. The Labute approximate surface area is 149 Å². The first-order valence-corrected chi connectivity index (χ1v) is 11.6. The van der Waals surface area contributed by atoms with E-state index < -0.39 is 14.2 Å². The van der Waals surface area contributed by atoms with Crippen LogP contribution in [0.15, 0.2) is 42.0 Å². The summed E-state index contributed by atoms with van der Waals surface area (Å²) < 4.78 is 5.11. The largest absolute Gasteiger partial charge is 0.385 e. The van der Waals surface area contributed by atoms with E-state index in [0.717, 1.165) is 30.6 Å². The number of hydrogen-bond donors (Lipinski definition) is 1. The highest BCUT2D eigenvalue weighted by Gasteiger charge is 2.33. The van der Waals surface area contributed by atoms with Crippen molar-refractivity contribution in [3.63, 3.8) is 0 Å². The predicted octanol–water partition coefficient (Wildman–Crippen LogP) is 5.12. The van der Waals surface area contributed by atoms with Crippen LogP contribution in [0.5, 0.6) is 0 Å². The van der Waals surface area contributed by atoms with Gasteiger partial charge in [0.15, 0.2) is 0 Å². The number of hydrogen-bond acceptors (Lipinski definition) is 2. The van der Waals surface area contributed by atoms with Crippen molar-refractivity contribution in [1.82, 2.24) is 0 Å². The lowest BCUT2D eigenvalue weighted by atomic mass is 10.0. The number of allylic oxidation sites excluding steroid dienone is 1. The lowest BCUT2D eigenvalue weighted by Crippen LogP contribution is -2.35. The molecule has 0 heterocycles. The predicted molar refractivity (Wildman–Crippen MR) is 106 cm³/mol. The van der Waals surface area contributed by atoms with E-state index in [4.69, 9.17) is 4.74 Å². The molecule has 0 amide bonds. The molecule has 1 aromatic rings. The first kappa shape index (κ1) is 20.7. The quantitative estimate of drug-likeness (QED) is 0.441. The Balaban J connectivity index is 3.07. The van der Waals surface area contributed by atoms with Crippen LogP contribution in [0.3, 0.4) is 0 Å². The molecule has 0 aromatic heterocycles. The molecular weight excluding hydrogens is 312 g/mol. The summed E-state index contributed by atoms with van der Waals surface area (Å²) in [6, 6.07) is 9.74. The van der Waals surface area contributed by atoms with Gasteiger partial charge in [-0.3, -0.25) is 0 Å². The van der Waals surface area contributed by atoms with E-state index in [0.29, 0.717) is 0 Å². The molecule has 3 heteroatoms. The van der Waals surface area contributed by atoms with E-state index in [1.54, 1.807) is 7.11 Å². The van der Waals surface area contributed by atoms with E-state index >= 15 is 0 Å². The second-order valence-corrected chi connectivity index (χ2v) is 12.7. The first-order chi connectivity index (χ1) is 11.2. The van der Waals surface area contributed by atoms with Gasteiger partial charge in [0.05, 0.1) is 0 Å². The minimum atomic E-state index is -1.71. The fourth-order valence-corrected chi connectivity index (χ4v) is 2.78. The second-order valence-electron chi connectivity index (χ2n) is 7.73. The number of unbranched alkanes of at least 4 members (excludes halogenated alkanes) is 1. The summed E-state index contributed by atoms with van der Waals surface area (Å²) >= 11 is 0. The van der Waals surface area contributed by atoms with Crippen LogP contribution >= 0.6 is 0 Å². The molecule has 1 unspecified atom stereocenters. The molecular formula is C21H32O2Si. The molecule has 1 N–H and O–H groups in total. The Hall–Kier alpha value is -1.34. The van der Waals surface area contributed by atoms with Crippen molar-refractivity contribution >= 4 is 8.07 Å². The lowest BCUT2D eigenvalue weighted by molar-refractivity contribution is 0.195. The van der Waals surface area contributed by atoms with E-state index in [-0.39, 0.29) is 5.04 Å². The summed E-state index contributed by atoms with van der Waals surface area (Å²) in [6.45, 7) is 12.1. The van der Waals surface area contributed by atoms with E-state index in [1.165, 1.54) is 0 Å². The minimum absolute atomic E-state index is 0.207. The van der Waals surface area contributed by atoms with Crippen molar-refractivity contribution in [2.75, 3.05) is 13.7 Å². The smallest absolute Gasteiger partial charge is 0.138 e. The molecule has 0 aliphatic carbocycles. The Bertz CT molecular complexity index is 586. The molecule has 1 aromatic carbocycles. The molecule has 2 nitrogen and oxygen atoms in total. The zero-order valence-corrected chi connectivity index (χ0v) is 17.0. The number of aliphatic hydroxyl groups is 1. The molecule has 132 valence electrons. The van der Waals surface area contributed by atoms with Crippen LogP contribution in [0.1, 0.15) is 45.3 Å². The average molecular weight is 345 g/mol. The molecule has 1 atom stereocenters. The number of ether oxygens (including phenoxy) is 1. The molecule has 0 fully saturated rings. The molecule has 0 radical (unpaired) electrons. The van der Waals surface area contributed by atoms with Crippen LogP contribution in [0.2, 0.25) is 18.1 Å². The Morgan fingerprint density at radius 1 is 1.25 bits per heavy atom. The van der Waals surface area contributed by atoms with E-state index in [9.17, 15) is 5.11 Å². The third-order valence-electron chi connectivity index (χ3n) is 4.72. The van der Waals surface area contributed by atoms with Gasteiger partial charge < -0.3 is 9.84 Å². The molecule has 0 aliphatic rings. The maximum atomic E-state index is 10.7. The van der Waals surface area contributed by atoms with Crippen LogP contribution in [-0.4, -0.2) is 26.9 Å². The van der Waals surface area contributed by atoms with Crippen LogP contribution in [0.25, 0.3) is 0 Å². The zero-order valence-electron chi connectivity index (χ0n) is 16.0. The van der Waals surface area contributed by atoms with Crippen molar-refractivity contribution in [2.45, 2.75) is 57.8 Å². The van der Waals surface area contributed by atoms with Crippen molar-refractivity contribution in [2.24, 2.45) is 0 Å². The Kier molecular flexibility index (Phi) is 7.95. The minimum Gasteiger partial charge on any atom is -0.385 e. The molecule has 0 aliphatic heterocycles. The molecule has 0 spiro atoms. The Morgan fingerprint density at radius 2 is 1.88 bits per heavy atom. The molecule has 0 saturated carbocycles. The molecule has 0 saturated heterocycles. The van der Waals surface area contributed by atoms with Gasteiger partial charge in [0.1, 0.15) is 14.2 Å². The highest BCUT2D eigenvalue weighted by atomic mass is 28.3. The third kappa shape index (κ3) is 6.28. The van der Waals surface area contributed by atoms with Gasteiger partial charge in [-0.2, -0.15) is 0 Å². The maximum absolute atomic E-state index is 10.7. The van der Waals surface area contributed by atoms with Crippen molar-refractivity contribution < 1.29 is 9.84 Å². The van der Waals surface area contributed by atoms with Crippen molar-refractivity contribution in [1.29, 1.82) is 0 Å². The van der Waals surface area contributed by atoms with Gasteiger partial charge in [-0.1, -0.05) is 76.2 Å². The molecule has 24 heavy (non-hydrogen) atoms. The van der Waals surface area contributed by atoms with Gasteiger partial charge in [0.2, 0.25) is 0 Å². The zero-order chi connectivity index (χ0) is 18.2. The van der Waals surface area contributed by atoms with Gasteiger partial charge in [-0.05, 0) is 23.4 Å². The van der Waals surface area contributed by atoms with Gasteiger partial charge in [0, 0.05) is 19.3 Å². The number of methoxy groups -OCH3 is 1. The first-order valence-electron chi connectivity index (χ1n) is 8.64. The summed E-state index contributed by atoms with van der Waals surface area (Å²) in [5.74, 6) is 3.32. The number of rotatable bonds is 6. The summed E-state index contributed by atoms with van der Waals surface area (Å²) in [7, 11) is 0.00239. The summed E-state index contributed by atoms with van der Waals surface area (Å²) in [4.78, 5) is 0. The molecule has 0 bridgehead atoms. The monoisotopic (exact) mass is 344 g/mol. The van der Waals surface area contributed by atoms with Crippen LogP contribution in [0, 0.1) is 11.5 Å². The van der Waals surface area contributed by atoms with Crippen molar-refractivity contribution in [3.8, 4) is 11.5 Å². The molecule has 1 rings (SSSR count). The normalized spacial score (nSPS) is 14.0. The Morgan fingerprint density at radius 3 is 2.42 bits per heavy atom. The topological polar surface area (TPSA) is 29.5 Å². The summed E-state index contributed by atoms with van der Waals surface area (Å²) in [5.41, 5.74) is 5.22. The average Bonchev–Trinajstić information content (AvgIpc) is 2.53. The van der Waals surface area contributed by atoms with Crippen LogP contribution < -0.4 is 0 Å². The SMILES string of the molecule is COCCC/C=C(/C#C[Si](C)(C)C(C)(C)C)C(O)c1ccccc1. The van der Waals surface area contributed by atoms with Gasteiger partial charge in [-0.15, -0.1) is 5.54 Å². The summed E-state index contributed by atoms with van der Waals surface area (Å²) in [6.07, 6.45) is 3.20. The van der Waals surface area contributed by atoms with Gasteiger partial charge >= 0.3 is 0 Å². The fraction of sp³-hybridized carbons (Fsp3) is 0.524. The standard InChI is InChI=1S/C21H32O2Si/c1-21(2,3)24(5,6)17-15-19(14-10-11-16-23-4)20(22)18-12-8-7-9-13-18/h7-9,12-14,20,22H,10-11,16H2,1-6H3/b19-14-. The maximum Gasteiger partial charge on any atom is 0.138 e. The van der Waals surface area contributed by atoms with Gasteiger partial charge in [-0.25, -0.2) is 0 Å². The van der Waals surface area contributed by atoms with E-state index in [1.807, 2.05) is 30.3 Å². The second kappa shape index (κ2) is 9.22. The number of benzene rings is 1. The lowest BCUT2D eigenvalue weighted by Gasteiger charge is -2.31. The third-order valence-corrected chi connectivity index (χ3v) is 9.22. The van der Waals surface area contributed by atoms with Gasteiger partial charge in [0.25, 0.3) is 0 Å². The van der Waals surface area contributed by atoms with E-state index in [2.05, 4.69) is 51.4 Å².